The van der Waals surface area contributed by atoms with Crippen molar-refractivity contribution in [3.8, 4) is 11.4 Å². The van der Waals surface area contributed by atoms with Gasteiger partial charge in [-0.15, -0.1) is 0 Å². The van der Waals surface area contributed by atoms with Gasteiger partial charge >= 0.3 is 0 Å². The number of carbonyl (C=O) groups excluding carboxylic acids is 1. The Morgan fingerprint density at radius 3 is 2.56 bits per heavy atom. The molecule has 5 nitrogen and oxygen atoms in total. The number of carbonyl (C=O) groups is 1. The molecule has 25 heavy (non-hydrogen) atoms. The van der Waals surface area contributed by atoms with Crippen molar-refractivity contribution in [3.63, 3.8) is 0 Å². The Morgan fingerprint density at radius 2 is 1.84 bits per heavy atom. The van der Waals surface area contributed by atoms with E-state index in [-0.39, 0.29) is 18.1 Å². The van der Waals surface area contributed by atoms with E-state index in [0.717, 1.165) is 16.7 Å². The minimum absolute atomic E-state index is 0.126. The van der Waals surface area contributed by atoms with Crippen molar-refractivity contribution in [3.05, 3.63) is 71.4 Å². The number of aryl methyl sites for hydroxylation is 2. The molecule has 0 aliphatic rings. The van der Waals surface area contributed by atoms with E-state index in [1.54, 1.807) is 12.1 Å². The Bertz CT molecular complexity index is 842. The fourth-order valence-corrected chi connectivity index (χ4v) is 2.29. The lowest BCUT2D eigenvalue weighted by atomic mass is 10.1. The van der Waals surface area contributed by atoms with Crippen LogP contribution in [0.3, 0.4) is 0 Å². The number of amides is 1. The van der Waals surface area contributed by atoms with Gasteiger partial charge < -0.3 is 9.84 Å². The number of rotatable bonds is 6. The molecular formula is C19H18FN3O2. The fraction of sp³-hybridized carbons (Fsp3) is 0.211. The first-order chi connectivity index (χ1) is 12.1. The van der Waals surface area contributed by atoms with Gasteiger partial charge in [0.25, 0.3) is 0 Å². The van der Waals surface area contributed by atoms with E-state index in [1.165, 1.54) is 12.1 Å². The molecule has 0 fully saturated rings. The van der Waals surface area contributed by atoms with Gasteiger partial charge in [-0.25, -0.2) is 4.39 Å². The highest BCUT2D eigenvalue weighted by molar-refractivity contribution is 5.76. The first-order valence-electron chi connectivity index (χ1n) is 8.01. The molecule has 0 saturated carbocycles. The highest BCUT2D eigenvalue weighted by Gasteiger charge is 2.10. The molecule has 0 spiro atoms. The van der Waals surface area contributed by atoms with E-state index in [9.17, 15) is 9.18 Å². The number of nitrogens with zero attached hydrogens (tertiary/aromatic N) is 2. The summed E-state index contributed by atoms with van der Waals surface area (Å²) in [5.74, 6) is 0.518. The molecule has 0 unspecified atom stereocenters. The van der Waals surface area contributed by atoms with E-state index in [4.69, 9.17) is 4.52 Å². The van der Waals surface area contributed by atoms with Crippen LogP contribution in [0.5, 0.6) is 0 Å². The second-order valence-corrected chi connectivity index (χ2v) is 5.78. The third-order valence-electron chi connectivity index (χ3n) is 3.75. The van der Waals surface area contributed by atoms with Gasteiger partial charge in [-0.05, 0) is 24.6 Å². The number of hydrogen-bond donors (Lipinski definition) is 1. The summed E-state index contributed by atoms with van der Waals surface area (Å²) in [5.41, 5.74) is 2.88. The lowest BCUT2D eigenvalue weighted by Crippen LogP contribution is -2.23. The minimum atomic E-state index is -0.296. The zero-order chi connectivity index (χ0) is 17.6. The van der Waals surface area contributed by atoms with Crippen LogP contribution in [0.15, 0.2) is 53.1 Å². The predicted molar refractivity (Wildman–Crippen MR) is 91.0 cm³/mol. The summed E-state index contributed by atoms with van der Waals surface area (Å²) >= 11 is 0. The smallest absolute Gasteiger partial charge is 0.227 e. The van der Waals surface area contributed by atoms with E-state index in [2.05, 4.69) is 15.5 Å². The number of nitrogens with one attached hydrogen (secondary N) is 1. The minimum Gasteiger partial charge on any atom is -0.352 e. The Hall–Kier alpha value is -3.02. The second-order valence-electron chi connectivity index (χ2n) is 5.78. The Morgan fingerprint density at radius 1 is 1.12 bits per heavy atom. The quantitative estimate of drug-likeness (QED) is 0.747. The van der Waals surface area contributed by atoms with E-state index >= 15 is 0 Å². The molecule has 3 aromatic rings. The molecule has 0 saturated heterocycles. The third-order valence-corrected chi connectivity index (χ3v) is 3.75. The average molecular weight is 339 g/mol. The molecule has 0 atom stereocenters. The van der Waals surface area contributed by atoms with E-state index in [1.807, 2.05) is 31.2 Å². The van der Waals surface area contributed by atoms with Crippen LogP contribution in [-0.4, -0.2) is 16.0 Å². The van der Waals surface area contributed by atoms with Gasteiger partial charge in [0.05, 0.1) is 0 Å². The van der Waals surface area contributed by atoms with Crippen molar-refractivity contribution < 1.29 is 13.7 Å². The Labute approximate surface area is 144 Å². The maximum Gasteiger partial charge on any atom is 0.227 e. The van der Waals surface area contributed by atoms with Gasteiger partial charge in [0.15, 0.2) is 0 Å². The summed E-state index contributed by atoms with van der Waals surface area (Å²) in [6.45, 7) is 2.37. The highest BCUT2D eigenvalue weighted by atomic mass is 19.1. The lowest BCUT2D eigenvalue weighted by Gasteiger charge is -2.04. The standard InChI is InChI=1S/C19H18FN3O2/c1-13-2-6-15(7-3-13)19-22-18(25-23-19)11-10-17(24)21-12-14-4-8-16(20)9-5-14/h2-9H,10-12H2,1H3,(H,21,24). The van der Waals surface area contributed by atoms with Crippen molar-refractivity contribution in [2.24, 2.45) is 0 Å². The summed E-state index contributed by atoms with van der Waals surface area (Å²) in [7, 11) is 0. The van der Waals surface area contributed by atoms with Crippen LogP contribution in [0, 0.1) is 12.7 Å². The molecule has 0 radical (unpaired) electrons. The fourth-order valence-electron chi connectivity index (χ4n) is 2.29. The zero-order valence-corrected chi connectivity index (χ0v) is 13.8. The topological polar surface area (TPSA) is 68.0 Å². The molecule has 1 N–H and O–H groups in total. The first kappa shape index (κ1) is 16.8. The number of aromatic nitrogens is 2. The van der Waals surface area contributed by atoms with Crippen molar-refractivity contribution in [2.45, 2.75) is 26.3 Å². The van der Waals surface area contributed by atoms with Crippen LogP contribution in [0.4, 0.5) is 4.39 Å². The van der Waals surface area contributed by atoms with Crippen LogP contribution in [0.2, 0.25) is 0 Å². The van der Waals surface area contributed by atoms with Gasteiger partial charge in [-0.2, -0.15) is 4.98 Å². The summed E-state index contributed by atoms with van der Waals surface area (Å²) in [6.07, 6.45) is 0.616. The number of hydrogen-bond acceptors (Lipinski definition) is 4. The van der Waals surface area contributed by atoms with Crippen LogP contribution in [-0.2, 0) is 17.8 Å². The summed E-state index contributed by atoms with van der Waals surface area (Å²) in [4.78, 5) is 16.2. The van der Waals surface area contributed by atoms with E-state index in [0.29, 0.717) is 24.7 Å². The van der Waals surface area contributed by atoms with Crippen molar-refractivity contribution >= 4 is 5.91 Å². The number of halogens is 1. The van der Waals surface area contributed by atoms with Crippen LogP contribution in [0.1, 0.15) is 23.4 Å². The molecule has 0 aliphatic heterocycles. The normalized spacial score (nSPS) is 10.6. The second kappa shape index (κ2) is 7.70. The van der Waals surface area contributed by atoms with Crippen LogP contribution < -0.4 is 5.32 Å². The molecule has 6 heteroatoms. The van der Waals surface area contributed by atoms with Gasteiger partial charge in [0.2, 0.25) is 17.6 Å². The first-order valence-corrected chi connectivity index (χ1v) is 8.01. The summed E-state index contributed by atoms with van der Waals surface area (Å²) < 4.78 is 18.0. The van der Waals surface area contributed by atoms with Gasteiger partial charge in [0.1, 0.15) is 5.82 Å². The SMILES string of the molecule is Cc1ccc(-c2noc(CCC(=O)NCc3ccc(F)cc3)n2)cc1. The van der Waals surface area contributed by atoms with Gasteiger partial charge in [-0.1, -0.05) is 47.1 Å². The lowest BCUT2D eigenvalue weighted by molar-refractivity contribution is -0.121. The van der Waals surface area contributed by atoms with Crippen LogP contribution >= 0.6 is 0 Å². The molecule has 0 bridgehead atoms. The molecule has 0 aliphatic carbocycles. The highest BCUT2D eigenvalue weighted by Crippen LogP contribution is 2.16. The Balaban J connectivity index is 1.49. The third kappa shape index (κ3) is 4.73. The molecule has 1 amide bonds. The molecule has 2 aromatic carbocycles. The zero-order valence-electron chi connectivity index (χ0n) is 13.8. The summed E-state index contributed by atoms with van der Waals surface area (Å²) in [6, 6.07) is 13.8. The molecule has 128 valence electrons. The monoisotopic (exact) mass is 339 g/mol. The Kier molecular flexibility index (Phi) is 5.18. The molecule has 1 aromatic heterocycles. The predicted octanol–water partition coefficient (Wildman–Crippen LogP) is 3.43. The van der Waals surface area contributed by atoms with Crippen LogP contribution in [0.25, 0.3) is 11.4 Å². The molecular weight excluding hydrogens is 321 g/mol. The largest absolute Gasteiger partial charge is 0.352 e. The summed E-state index contributed by atoms with van der Waals surface area (Å²) in [5, 5.41) is 6.72. The average Bonchev–Trinajstić information content (AvgIpc) is 3.09. The van der Waals surface area contributed by atoms with Crippen molar-refractivity contribution in [2.75, 3.05) is 0 Å². The van der Waals surface area contributed by atoms with Crippen molar-refractivity contribution in [1.82, 2.24) is 15.5 Å². The number of benzene rings is 2. The maximum absolute atomic E-state index is 12.8. The van der Waals surface area contributed by atoms with Gasteiger partial charge in [0, 0.05) is 24.9 Å². The molecule has 3 rings (SSSR count). The van der Waals surface area contributed by atoms with Gasteiger partial charge in [-0.3, -0.25) is 4.79 Å². The van der Waals surface area contributed by atoms with Crippen molar-refractivity contribution in [1.29, 1.82) is 0 Å². The van der Waals surface area contributed by atoms with E-state index < -0.39 is 0 Å². The maximum atomic E-state index is 12.8. The molecule has 1 heterocycles.